The Balaban J connectivity index is 3.01. The summed E-state index contributed by atoms with van der Waals surface area (Å²) in [7, 11) is 0. The molecule has 0 aliphatic rings. The molecule has 0 unspecified atom stereocenters. The van der Waals surface area contributed by atoms with Crippen LogP contribution in [-0.4, -0.2) is 5.54 Å². The molecule has 1 nitrogen and oxygen atoms in total. The van der Waals surface area contributed by atoms with Gasteiger partial charge in [-0.25, -0.2) is 0 Å². The molecule has 0 aliphatic carbocycles. The van der Waals surface area contributed by atoms with Crippen molar-refractivity contribution >= 4 is 0 Å². The minimum absolute atomic E-state index is 0.204. The first-order chi connectivity index (χ1) is 5.56. The van der Waals surface area contributed by atoms with Crippen LogP contribution in [0.3, 0.4) is 0 Å². The van der Waals surface area contributed by atoms with Gasteiger partial charge < -0.3 is 0 Å². The Kier molecular flexibility index (Phi) is 6.45. The van der Waals surface area contributed by atoms with Crippen LogP contribution in [0.15, 0.2) is 0 Å². The van der Waals surface area contributed by atoms with Gasteiger partial charge in [0, 0.05) is 5.54 Å². The highest BCUT2D eigenvalue weighted by Crippen LogP contribution is 2.13. The number of hydrogen-bond donors (Lipinski definition) is 0. The fourth-order valence-corrected chi connectivity index (χ4v) is 1.35. The predicted molar refractivity (Wildman–Crippen MR) is 55.2 cm³/mol. The first kappa shape index (κ1) is 12.0. The van der Waals surface area contributed by atoms with Gasteiger partial charge in [0.05, 0.1) is 0 Å². The van der Waals surface area contributed by atoms with Crippen LogP contribution in [0.2, 0.25) is 0 Å². The van der Waals surface area contributed by atoms with Gasteiger partial charge in [0.25, 0.3) is 0 Å². The van der Waals surface area contributed by atoms with E-state index in [1.54, 1.807) is 0 Å². The molecule has 0 atom stereocenters. The second-order valence-electron chi connectivity index (χ2n) is 4.40. The fraction of sp³-hybridized carbons (Fsp3) is 1.00. The largest absolute Gasteiger partial charge is 0.252 e. The average molecular weight is 170 g/mol. The van der Waals surface area contributed by atoms with Gasteiger partial charge in [-0.05, 0) is 20.3 Å². The molecule has 0 amide bonds. The zero-order valence-electron chi connectivity index (χ0n) is 8.95. The molecule has 0 aliphatic heterocycles. The molecule has 0 bridgehead atoms. The third-order valence-corrected chi connectivity index (χ3v) is 2.16. The van der Waals surface area contributed by atoms with Crippen LogP contribution in [0.5, 0.6) is 0 Å². The third-order valence-electron chi connectivity index (χ3n) is 2.16. The molecule has 12 heavy (non-hydrogen) atoms. The third kappa shape index (κ3) is 9.96. The van der Waals surface area contributed by atoms with Crippen molar-refractivity contribution in [2.24, 2.45) is 0 Å². The highest BCUT2D eigenvalue weighted by Gasteiger charge is 2.09. The average Bonchev–Trinajstić information content (AvgIpc) is 1.94. The maximum absolute atomic E-state index is 7.65. The van der Waals surface area contributed by atoms with Crippen LogP contribution in [-0.2, 0) is 0 Å². The summed E-state index contributed by atoms with van der Waals surface area (Å²) in [6.45, 7) is 6.24. The molecular weight excluding hydrogens is 146 g/mol. The molecule has 0 heterocycles. The van der Waals surface area contributed by atoms with E-state index in [9.17, 15) is 0 Å². The van der Waals surface area contributed by atoms with Crippen molar-refractivity contribution in [1.29, 1.82) is 0 Å². The molecule has 73 valence electrons. The predicted octanol–water partition coefficient (Wildman–Crippen LogP) is 3.80. The fourth-order valence-electron chi connectivity index (χ4n) is 1.35. The zero-order chi connectivity index (χ0) is 9.45. The molecule has 0 aromatic carbocycles. The van der Waals surface area contributed by atoms with Crippen LogP contribution in [0, 0.1) is 0 Å². The number of hydrogen-bond acceptors (Lipinski definition) is 0. The van der Waals surface area contributed by atoms with E-state index in [4.69, 9.17) is 5.73 Å². The quantitative estimate of drug-likeness (QED) is 0.519. The Labute approximate surface area is 77.7 Å². The Morgan fingerprint density at radius 3 is 1.92 bits per heavy atom. The lowest BCUT2D eigenvalue weighted by molar-refractivity contribution is 0.428. The Bertz CT molecular complexity index is 91.7. The first-order valence-electron chi connectivity index (χ1n) is 5.31. The smallest absolute Gasteiger partial charge is 0.0267 e. The zero-order valence-corrected chi connectivity index (χ0v) is 8.95. The number of rotatable bonds is 7. The normalized spacial score (nSPS) is 12.0. The van der Waals surface area contributed by atoms with Crippen LogP contribution < -0.4 is 5.73 Å². The highest BCUT2D eigenvalue weighted by molar-refractivity contribution is 4.69. The van der Waals surface area contributed by atoms with Crippen molar-refractivity contribution in [1.82, 2.24) is 5.73 Å². The molecule has 1 N–H and O–H groups in total. The van der Waals surface area contributed by atoms with Crippen molar-refractivity contribution in [3.63, 3.8) is 0 Å². The van der Waals surface area contributed by atoms with Crippen LogP contribution >= 0.6 is 0 Å². The Hall–Kier alpha value is -0.0400. The van der Waals surface area contributed by atoms with E-state index < -0.39 is 0 Å². The van der Waals surface area contributed by atoms with Gasteiger partial charge in [-0.2, -0.15) is 0 Å². The van der Waals surface area contributed by atoms with E-state index in [-0.39, 0.29) is 5.54 Å². The molecule has 1 radical (unpaired) electrons. The standard InChI is InChI=1S/C11H24N/c1-4-5-6-7-8-9-10-11(2,3)12/h12H,4-10H2,1-3H3. The summed E-state index contributed by atoms with van der Waals surface area (Å²) in [5.41, 5.74) is 7.44. The van der Waals surface area contributed by atoms with Crippen LogP contribution in [0.25, 0.3) is 0 Å². The number of nitrogens with one attached hydrogen (secondary N) is 1. The SMILES string of the molecule is CCCCCCCCC(C)(C)[NH]. The Morgan fingerprint density at radius 1 is 0.917 bits per heavy atom. The minimum atomic E-state index is -0.204. The van der Waals surface area contributed by atoms with Gasteiger partial charge in [-0.15, -0.1) is 0 Å². The topological polar surface area (TPSA) is 23.8 Å². The number of unbranched alkanes of at least 4 members (excludes halogenated alkanes) is 5. The molecule has 1 heteroatoms. The summed E-state index contributed by atoms with van der Waals surface area (Å²) in [6, 6.07) is 0. The van der Waals surface area contributed by atoms with Crippen molar-refractivity contribution in [2.45, 2.75) is 71.3 Å². The summed E-state index contributed by atoms with van der Waals surface area (Å²) < 4.78 is 0. The van der Waals surface area contributed by atoms with Crippen LogP contribution in [0.1, 0.15) is 65.7 Å². The van der Waals surface area contributed by atoms with Gasteiger partial charge in [-0.3, -0.25) is 5.73 Å². The Morgan fingerprint density at radius 2 is 1.42 bits per heavy atom. The molecule has 0 aromatic rings. The maximum atomic E-state index is 7.65. The van der Waals surface area contributed by atoms with Crippen molar-refractivity contribution in [3.8, 4) is 0 Å². The summed E-state index contributed by atoms with van der Waals surface area (Å²) in [5, 5.41) is 0. The molecule has 0 aromatic heterocycles. The van der Waals surface area contributed by atoms with E-state index >= 15 is 0 Å². The molecule has 0 fully saturated rings. The van der Waals surface area contributed by atoms with Crippen molar-refractivity contribution < 1.29 is 0 Å². The second kappa shape index (κ2) is 6.47. The first-order valence-corrected chi connectivity index (χ1v) is 5.31. The summed E-state index contributed by atoms with van der Waals surface area (Å²) in [6.07, 6.45) is 9.06. The van der Waals surface area contributed by atoms with Crippen LogP contribution in [0.4, 0.5) is 0 Å². The monoisotopic (exact) mass is 170 g/mol. The minimum Gasteiger partial charge on any atom is -0.252 e. The summed E-state index contributed by atoms with van der Waals surface area (Å²) >= 11 is 0. The summed E-state index contributed by atoms with van der Waals surface area (Å²) in [4.78, 5) is 0. The lowest BCUT2D eigenvalue weighted by Gasteiger charge is -2.16. The van der Waals surface area contributed by atoms with Gasteiger partial charge in [0.2, 0.25) is 0 Å². The molecule has 0 saturated carbocycles. The van der Waals surface area contributed by atoms with Crippen molar-refractivity contribution in [2.75, 3.05) is 0 Å². The van der Waals surface area contributed by atoms with E-state index in [0.717, 1.165) is 6.42 Å². The van der Waals surface area contributed by atoms with E-state index in [0.29, 0.717) is 0 Å². The maximum Gasteiger partial charge on any atom is 0.0267 e. The van der Waals surface area contributed by atoms with Gasteiger partial charge in [-0.1, -0.05) is 45.4 Å². The lowest BCUT2D eigenvalue weighted by atomic mass is 9.97. The molecule has 0 spiro atoms. The molecule has 0 rings (SSSR count). The highest BCUT2D eigenvalue weighted by atomic mass is 14.7. The van der Waals surface area contributed by atoms with Gasteiger partial charge in [0.15, 0.2) is 0 Å². The van der Waals surface area contributed by atoms with E-state index in [1.807, 2.05) is 13.8 Å². The van der Waals surface area contributed by atoms with Gasteiger partial charge >= 0.3 is 0 Å². The van der Waals surface area contributed by atoms with E-state index in [2.05, 4.69) is 6.92 Å². The lowest BCUT2D eigenvalue weighted by Crippen LogP contribution is -2.20. The van der Waals surface area contributed by atoms with Gasteiger partial charge in [0.1, 0.15) is 0 Å². The second-order valence-corrected chi connectivity index (χ2v) is 4.40. The van der Waals surface area contributed by atoms with E-state index in [1.165, 1.54) is 38.5 Å². The molecule has 0 saturated heterocycles. The summed E-state index contributed by atoms with van der Waals surface area (Å²) in [5.74, 6) is 0. The van der Waals surface area contributed by atoms with Crippen molar-refractivity contribution in [3.05, 3.63) is 0 Å². The molecular formula is C11H24N.